The molecule has 0 amide bonds. The molecule has 0 atom stereocenters. The van der Waals surface area contributed by atoms with E-state index >= 15 is 0 Å². The summed E-state index contributed by atoms with van der Waals surface area (Å²) in [6.07, 6.45) is 11.8. The molecule has 2 aliphatic carbocycles. The SMILES string of the molecule is CC1CCCCC1.CCC(=O)C1CC1.CCCN1CCOCC1. The van der Waals surface area contributed by atoms with Crippen LogP contribution in [0, 0.1) is 11.8 Å². The predicted octanol–water partition coefficient (Wildman–Crippen LogP) is 4.69. The third-order valence-corrected chi connectivity index (χ3v) is 4.92. The van der Waals surface area contributed by atoms with E-state index in [4.69, 9.17) is 4.74 Å². The molecule has 23 heavy (non-hydrogen) atoms. The van der Waals surface area contributed by atoms with Gasteiger partial charge in [-0.05, 0) is 31.7 Å². The number of ketones is 1. The minimum atomic E-state index is 0.458. The van der Waals surface area contributed by atoms with E-state index in [1.54, 1.807) is 0 Å². The molecule has 0 unspecified atom stereocenters. The van der Waals surface area contributed by atoms with Crippen molar-refractivity contribution in [3.05, 3.63) is 0 Å². The third kappa shape index (κ3) is 10.9. The maximum Gasteiger partial charge on any atom is 0.135 e. The van der Waals surface area contributed by atoms with Gasteiger partial charge in [0.15, 0.2) is 0 Å². The van der Waals surface area contributed by atoms with E-state index in [2.05, 4.69) is 18.7 Å². The van der Waals surface area contributed by atoms with E-state index in [0.717, 1.165) is 51.5 Å². The van der Waals surface area contributed by atoms with E-state index in [9.17, 15) is 4.79 Å². The van der Waals surface area contributed by atoms with Crippen molar-refractivity contribution in [1.29, 1.82) is 0 Å². The first kappa shape index (κ1) is 20.6. The largest absolute Gasteiger partial charge is 0.379 e. The molecule has 0 aromatic carbocycles. The van der Waals surface area contributed by atoms with Crippen molar-refractivity contribution in [2.45, 2.75) is 78.6 Å². The monoisotopic (exact) mass is 325 g/mol. The molecule has 136 valence electrons. The highest BCUT2D eigenvalue weighted by Gasteiger charge is 2.27. The Kier molecular flexibility index (Phi) is 11.6. The van der Waals surface area contributed by atoms with Crippen LogP contribution in [0.2, 0.25) is 0 Å². The number of hydrogen-bond acceptors (Lipinski definition) is 3. The van der Waals surface area contributed by atoms with Crippen LogP contribution in [0.4, 0.5) is 0 Å². The van der Waals surface area contributed by atoms with Crippen LogP contribution < -0.4 is 0 Å². The number of carbonyl (C=O) groups is 1. The smallest absolute Gasteiger partial charge is 0.135 e. The molecule has 0 radical (unpaired) electrons. The second-order valence-corrected chi connectivity index (χ2v) is 7.29. The first-order chi connectivity index (χ1) is 11.2. The van der Waals surface area contributed by atoms with Gasteiger partial charge in [-0.1, -0.05) is 52.9 Å². The maximum atomic E-state index is 10.6. The zero-order valence-electron chi connectivity index (χ0n) is 15.8. The molecule has 0 spiro atoms. The van der Waals surface area contributed by atoms with Crippen LogP contribution in [-0.2, 0) is 9.53 Å². The van der Waals surface area contributed by atoms with Gasteiger partial charge in [0.25, 0.3) is 0 Å². The average Bonchev–Trinajstić information content (AvgIpc) is 3.42. The second kappa shape index (κ2) is 12.9. The van der Waals surface area contributed by atoms with Gasteiger partial charge in [-0.2, -0.15) is 0 Å². The number of Topliss-reactive ketones (excluding diaryl/α,β-unsaturated/α-hetero) is 1. The Morgan fingerprint density at radius 3 is 1.96 bits per heavy atom. The molecule has 1 heterocycles. The molecular weight excluding hydrogens is 286 g/mol. The zero-order valence-corrected chi connectivity index (χ0v) is 15.8. The topological polar surface area (TPSA) is 29.5 Å². The van der Waals surface area contributed by atoms with Gasteiger partial charge in [0.1, 0.15) is 5.78 Å². The zero-order chi connectivity index (χ0) is 16.9. The van der Waals surface area contributed by atoms with Crippen LogP contribution in [0.15, 0.2) is 0 Å². The van der Waals surface area contributed by atoms with E-state index in [1.165, 1.54) is 45.1 Å². The molecule has 2 saturated carbocycles. The first-order valence-electron chi connectivity index (χ1n) is 10.00. The van der Waals surface area contributed by atoms with Gasteiger partial charge in [0, 0.05) is 25.4 Å². The Bertz CT molecular complexity index is 287. The van der Waals surface area contributed by atoms with Gasteiger partial charge >= 0.3 is 0 Å². The minimum Gasteiger partial charge on any atom is -0.379 e. The van der Waals surface area contributed by atoms with Crippen molar-refractivity contribution in [3.8, 4) is 0 Å². The van der Waals surface area contributed by atoms with Crippen molar-refractivity contribution < 1.29 is 9.53 Å². The number of hydrogen-bond donors (Lipinski definition) is 0. The lowest BCUT2D eigenvalue weighted by molar-refractivity contribution is -0.119. The van der Waals surface area contributed by atoms with E-state index in [1.807, 2.05) is 6.92 Å². The molecule has 3 aliphatic rings. The molecule has 1 saturated heterocycles. The van der Waals surface area contributed by atoms with Crippen molar-refractivity contribution in [3.63, 3.8) is 0 Å². The van der Waals surface area contributed by atoms with Crippen LogP contribution in [-0.4, -0.2) is 43.5 Å². The van der Waals surface area contributed by atoms with Crippen molar-refractivity contribution >= 4 is 5.78 Å². The third-order valence-electron chi connectivity index (χ3n) is 4.92. The first-order valence-corrected chi connectivity index (χ1v) is 10.00. The second-order valence-electron chi connectivity index (χ2n) is 7.29. The summed E-state index contributed by atoms with van der Waals surface area (Å²) in [5, 5.41) is 0. The fourth-order valence-electron chi connectivity index (χ4n) is 3.14. The molecule has 3 heteroatoms. The number of nitrogens with zero attached hydrogens (tertiary/aromatic N) is 1. The standard InChI is InChI=1S/C7H15NO.C7H14.C6H10O/c1-2-3-8-4-6-9-7-5-8;1-7-5-3-2-4-6-7;1-2-6(7)5-3-4-5/h2-7H2,1H3;7H,2-6H2,1H3;5H,2-4H2,1H3. The van der Waals surface area contributed by atoms with Crippen LogP contribution in [0.5, 0.6) is 0 Å². The van der Waals surface area contributed by atoms with Gasteiger partial charge in [-0.3, -0.25) is 9.69 Å². The summed E-state index contributed by atoms with van der Waals surface area (Å²) in [6, 6.07) is 0. The van der Waals surface area contributed by atoms with Gasteiger partial charge in [-0.15, -0.1) is 0 Å². The summed E-state index contributed by atoms with van der Waals surface area (Å²) in [6.45, 7) is 11.9. The summed E-state index contributed by atoms with van der Waals surface area (Å²) in [4.78, 5) is 13.0. The lowest BCUT2D eigenvalue weighted by Gasteiger charge is -2.25. The Hall–Kier alpha value is -0.410. The molecular formula is C20H39NO2. The average molecular weight is 326 g/mol. The fraction of sp³-hybridized carbons (Fsp3) is 0.950. The lowest BCUT2D eigenvalue weighted by atomic mass is 9.91. The Balaban J connectivity index is 0.000000175. The quantitative estimate of drug-likeness (QED) is 0.751. The molecule has 0 aromatic heterocycles. The van der Waals surface area contributed by atoms with Crippen molar-refractivity contribution in [2.24, 2.45) is 11.8 Å². The Morgan fingerprint density at radius 1 is 1.00 bits per heavy atom. The Morgan fingerprint density at radius 2 is 1.61 bits per heavy atom. The van der Waals surface area contributed by atoms with Crippen LogP contribution in [0.1, 0.15) is 78.6 Å². The normalized spacial score (nSPS) is 22.4. The fourth-order valence-corrected chi connectivity index (χ4v) is 3.14. The molecule has 1 aliphatic heterocycles. The van der Waals surface area contributed by atoms with Crippen LogP contribution in [0.3, 0.4) is 0 Å². The summed E-state index contributed by atoms with van der Waals surface area (Å²) in [5.74, 6) is 1.97. The number of ether oxygens (including phenoxy) is 1. The number of morpholine rings is 1. The number of rotatable bonds is 4. The molecule has 0 bridgehead atoms. The minimum absolute atomic E-state index is 0.458. The Labute approximate surface area is 144 Å². The van der Waals surface area contributed by atoms with Crippen molar-refractivity contribution in [1.82, 2.24) is 4.90 Å². The molecule has 0 aromatic rings. The summed E-state index contributed by atoms with van der Waals surface area (Å²) >= 11 is 0. The molecule has 3 rings (SSSR count). The van der Waals surface area contributed by atoms with Crippen molar-refractivity contribution in [2.75, 3.05) is 32.8 Å². The van der Waals surface area contributed by atoms with Crippen LogP contribution >= 0.6 is 0 Å². The molecule has 3 nitrogen and oxygen atoms in total. The maximum absolute atomic E-state index is 10.6. The van der Waals surface area contributed by atoms with Gasteiger partial charge in [0.05, 0.1) is 13.2 Å². The van der Waals surface area contributed by atoms with Gasteiger partial charge in [0.2, 0.25) is 0 Å². The predicted molar refractivity (Wildman–Crippen MR) is 97.8 cm³/mol. The summed E-state index contributed by atoms with van der Waals surface area (Å²) in [5.41, 5.74) is 0. The number of carbonyl (C=O) groups excluding carboxylic acids is 1. The molecule has 0 N–H and O–H groups in total. The van der Waals surface area contributed by atoms with E-state index in [0.29, 0.717) is 11.7 Å². The highest BCUT2D eigenvalue weighted by Crippen LogP contribution is 2.30. The highest BCUT2D eigenvalue weighted by atomic mass is 16.5. The summed E-state index contributed by atoms with van der Waals surface area (Å²) in [7, 11) is 0. The molecule has 3 fully saturated rings. The van der Waals surface area contributed by atoms with E-state index < -0.39 is 0 Å². The summed E-state index contributed by atoms with van der Waals surface area (Å²) < 4.78 is 5.20. The highest BCUT2D eigenvalue weighted by molar-refractivity contribution is 5.82. The van der Waals surface area contributed by atoms with Gasteiger partial charge in [-0.25, -0.2) is 0 Å². The van der Waals surface area contributed by atoms with Gasteiger partial charge < -0.3 is 4.74 Å². The van der Waals surface area contributed by atoms with Crippen LogP contribution in [0.25, 0.3) is 0 Å². The lowest BCUT2D eigenvalue weighted by Crippen LogP contribution is -2.36. The van der Waals surface area contributed by atoms with E-state index in [-0.39, 0.29) is 0 Å².